The van der Waals surface area contributed by atoms with Crippen LogP contribution >= 0.6 is 0 Å². The number of aliphatic hydroxyl groups is 2. The number of aromatic hydroxyl groups is 2. The van der Waals surface area contributed by atoms with Crippen molar-refractivity contribution >= 4 is 38.5 Å². The van der Waals surface area contributed by atoms with Crippen LogP contribution in [0.3, 0.4) is 0 Å². The van der Waals surface area contributed by atoms with Gasteiger partial charge < -0.3 is 24.8 Å². The number of benzene rings is 3. The Morgan fingerprint density at radius 1 is 0.931 bits per heavy atom. The maximum Gasteiger partial charge on any atom is 0.193 e. The first-order valence-electron chi connectivity index (χ1n) is 9.05. The monoisotopic (exact) mass is 392 g/mol. The highest BCUT2D eigenvalue weighted by atomic mass is 16.3. The van der Waals surface area contributed by atoms with Gasteiger partial charge in [-0.1, -0.05) is 13.0 Å². The van der Waals surface area contributed by atoms with Crippen LogP contribution in [0.15, 0.2) is 38.3 Å². The molecule has 0 radical (unpaired) electrons. The molecule has 1 aromatic heterocycles. The summed E-state index contributed by atoms with van der Waals surface area (Å²) in [6.45, 7) is 2.92. The van der Waals surface area contributed by atoms with Crippen LogP contribution in [0.5, 0.6) is 11.5 Å². The molecule has 0 unspecified atom stereocenters. The Hall–Kier alpha value is -3.58. The van der Waals surface area contributed by atoms with Crippen molar-refractivity contribution in [3.8, 4) is 11.5 Å². The molecule has 0 saturated carbocycles. The second-order valence-corrected chi connectivity index (χ2v) is 7.45. The highest BCUT2D eigenvalue weighted by Crippen LogP contribution is 2.50. The smallest absolute Gasteiger partial charge is 0.193 e. The van der Waals surface area contributed by atoms with Crippen molar-refractivity contribution in [1.29, 1.82) is 0 Å². The van der Waals surface area contributed by atoms with Gasteiger partial charge >= 0.3 is 0 Å². The van der Waals surface area contributed by atoms with Crippen LogP contribution in [0.4, 0.5) is 0 Å². The Kier molecular flexibility index (Phi) is 3.31. The van der Waals surface area contributed by atoms with Gasteiger partial charge in [-0.25, -0.2) is 0 Å². The Balaban J connectivity index is 2.27. The molecule has 4 aromatic rings. The second kappa shape index (κ2) is 5.48. The second-order valence-electron chi connectivity index (χ2n) is 7.45. The van der Waals surface area contributed by atoms with Gasteiger partial charge in [0.2, 0.25) is 0 Å². The molecule has 5 rings (SSSR count). The largest absolute Gasteiger partial charge is 0.512 e. The highest BCUT2D eigenvalue weighted by molar-refractivity contribution is 6.16. The average molecular weight is 392 g/mol. The van der Waals surface area contributed by atoms with Gasteiger partial charge in [-0.05, 0) is 19.1 Å². The summed E-state index contributed by atoms with van der Waals surface area (Å²) in [4.78, 5) is 25.4. The zero-order valence-electron chi connectivity index (χ0n) is 15.5. The number of hydrogen-bond acceptors (Lipinski definition) is 7. The molecule has 0 aliphatic heterocycles. The van der Waals surface area contributed by atoms with Crippen molar-refractivity contribution < 1.29 is 24.8 Å². The number of aliphatic hydroxyl groups excluding tert-OH is 2. The van der Waals surface area contributed by atoms with Crippen molar-refractivity contribution in [3.05, 3.63) is 61.1 Å². The minimum absolute atomic E-state index is 0.105. The van der Waals surface area contributed by atoms with Gasteiger partial charge in [0, 0.05) is 33.9 Å². The summed E-state index contributed by atoms with van der Waals surface area (Å²) in [6.07, 6.45) is -1.18. The summed E-state index contributed by atoms with van der Waals surface area (Å²) >= 11 is 0. The van der Waals surface area contributed by atoms with Crippen LogP contribution < -0.4 is 16.1 Å². The molecule has 3 aromatic carbocycles. The summed E-state index contributed by atoms with van der Waals surface area (Å²) < 4.78 is 5.80. The fourth-order valence-corrected chi connectivity index (χ4v) is 4.57. The van der Waals surface area contributed by atoms with Gasteiger partial charge in [-0.3, -0.25) is 9.59 Å². The average Bonchev–Trinajstić information content (AvgIpc) is 2.64. The molecule has 1 aliphatic carbocycles. The van der Waals surface area contributed by atoms with Crippen molar-refractivity contribution in [3.63, 3.8) is 0 Å². The maximum absolute atomic E-state index is 12.9. The molecule has 4 N–H and O–H groups in total. The minimum atomic E-state index is -1.18. The molecule has 2 atom stereocenters. The Bertz CT molecular complexity index is 1560. The Morgan fingerprint density at radius 3 is 2.34 bits per heavy atom. The summed E-state index contributed by atoms with van der Waals surface area (Å²) in [5.74, 6) is -2.07. The summed E-state index contributed by atoms with van der Waals surface area (Å²) in [5.41, 5.74) is -0.0292. The quantitative estimate of drug-likeness (QED) is 0.267. The van der Waals surface area contributed by atoms with E-state index in [1.54, 1.807) is 13.0 Å². The van der Waals surface area contributed by atoms with Crippen molar-refractivity contribution in [2.24, 2.45) is 0 Å². The number of rotatable bonds is 0. The van der Waals surface area contributed by atoms with Crippen LogP contribution in [0.2, 0.25) is 0 Å². The number of phenols is 2. The summed E-state index contributed by atoms with van der Waals surface area (Å²) in [5, 5.41) is 43.0. The van der Waals surface area contributed by atoms with Crippen LogP contribution in [0, 0.1) is 0 Å². The third-order valence-electron chi connectivity index (χ3n) is 5.82. The van der Waals surface area contributed by atoms with Crippen LogP contribution in [0.25, 0.3) is 38.5 Å². The molecule has 0 spiro atoms. The van der Waals surface area contributed by atoms with E-state index in [2.05, 4.69) is 0 Å². The molecule has 0 saturated heterocycles. The fraction of sp³-hybridized carbons (Fsp3) is 0.182. The predicted octanol–water partition coefficient (Wildman–Crippen LogP) is 2.43. The molecule has 7 nitrogen and oxygen atoms in total. The molecule has 0 bridgehead atoms. The van der Waals surface area contributed by atoms with E-state index in [0.29, 0.717) is 10.9 Å². The molecule has 146 valence electrons. The van der Waals surface area contributed by atoms with Gasteiger partial charge in [-0.15, -0.1) is 0 Å². The highest BCUT2D eigenvalue weighted by Gasteiger charge is 2.36. The topological polar surface area (TPSA) is 128 Å². The van der Waals surface area contributed by atoms with E-state index in [1.165, 1.54) is 25.1 Å². The minimum Gasteiger partial charge on any atom is -0.512 e. The molecule has 0 fully saturated rings. The molecule has 29 heavy (non-hydrogen) atoms. The van der Waals surface area contributed by atoms with E-state index < -0.39 is 28.9 Å². The van der Waals surface area contributed by atoms with E-state index in [9.17, 15) is 30.0 Å². The molecule has 1 heterocycles. The third-order valence-corrected chi connectivity index (χ3v) is 5.82. The van der Waals surface area contributed by atoms with E-state index in [4.69, 9.17) is 4.42 Å². The van der Waals surface area contributed by atoms with E-state index in [0.717, 1.165) is 0 Å². The lowest BCUT2D eigenvalue weighted by molar-refractivity contribution is 0.152. The van der Waals surface area contributed by atoms with Gasteiger partial charge in [-0.2, -0.15) is 0 Å². The summed E-state index contributed by atoms with van der Waals surface area (Å²) in [7, 11) is 0. The predicted molar refractivity (Wildman–Crippen MR) is 107 cm³/mol. The molecular weight excluding hydrogens is 376 g/mol. The number of phenolic OH excluding ortho intramolecular Hbond substituents is 2. The first kappa shape index (κ1) is 17.5. The zero-order valence-corrected chi connectivity index (χ0v) is 15.5. The normalized spacial score (nSPS) is 19.4. The first-order chi connectivity index (χ1) is 13.7. The van der Waals surface area contributed by atoms with Crippen molar-refractivity contribution in [2.75, 3.05) is 0 Å². The van der Waals surface area contributed by atoms with E-state index in [-0.39, 0.29) is 49.3 Å². The molecule has 0 amide bonds. The van der Waals surface area contributed by atoms with Crippen LogP contribution in [-0.2, 0) is 0 Å². The lowest BCUT2D eigenvalue weighted by Gasteiger charge is -2.30. The molecular formula is C22H16O7. The summed E-state index contributed by atoms with van der Waals surface area (Å²) in [6, 6.07) is 5.64. The lowest BCUT2D eigenvalue weighted by atomic mass is 9.77. The van der Waals surface area contributed by atoms with Crippen molar-refractivity contribution in [1.82, 2.24) is 0 Å². The SMILES string of the molecule is CC(O)=c1c(O)c2c3c(c1O)c(=O)cc1oc4cccc(=O)c4c(c13)[C@H](O)[C@H]2C. The van der Waals surface area contributed by atoms with Crippen LogP contribution in [0.1, 0.15) is 37.0 Å². The van der Waals surface area contributed by atoms with E-state index >= 15 is 0 Å². The Morgan fingerprint density at radius 2 is 1.66 bits per heavy atom. The number of hydrogen-bond donors (Lipinski definition) is 4. The van der Waals surface area contributed by atoms with E-state index in [1.807, 2.05) is 0 Å². The zero-order chi connectivity index (χ0) is 20.8. The number of fused-ring (bicyclic) bond motifs is 2. The lowest BCUT2D eigenvalue weighted by Crippen LogP contribution is -2.22. The van der Waals surface area contributed by atoms with Gasteiger partial charge in [0.1, 0.15) is 28.4 Å². The maximum atomic E-state index is 12.9. The van der Waals surface area contributed by atoms with Crippen LogP contribution in [-0.4, -0.2) is 20.4 Å². The van der Waals surface area contributed by atoms with Gasteiger partial charge in [0.05, 0.1) is 22.1 Å². The Labute approximate surface area is 162 Å². The van der Waals surface area contributed by atoms with Crippen molar-refractivity contribution in [2.45, 2.75) is 25.9 Å². The fourth-order valence-electron chi connectivity index (χ4n) is 4.57. The third kappa shape index (κ3) is 2.00. The molecule has 7 heteroatoms. The van der Waals surface area contributed by atoms with Gasteiger partial charge in [0.25, 0.3) is 0 Å². The first-order valence-corrected chi connectivity index (χ1v) is 9.05. The standard InChI is InChI=1S/C22H16O7/c1-7-13-18-16(22(28)14(8(2)23)21(13)27)10(25)6-12-17(18)19(20(7)26)15-9(24)4-3-5-11(15)29-12/h3-7,20,23,26-28H,1-2H3/t7-,20+/m0/s1. The molecule has 1 aliphatic rings. The van der Waals surface area contributed by atoms with Gasteiger partial charge in [0.15, 0.2) is 10.9 Å².